The fraction of sp³-hybridized carbons (Fsp3) is 0.242. The van der Waals surface area contributed by atoms with Gasteiger partial charge in [0.25, 0.3) is 0 Å². The van der Waals surface area contributed by atoms with Gasteiger partial charge in [0.05, 0.1) is 29.2 Å². The summed E-state index contributed by atoms with van der Waals surface area (Å²) in [5.41, 5.74) is 7.25. The molecule has 1 fully saturated rings. The van der Waals surface area contributed by atoms with Crippen LogP contribution in [0.1, 0.15) is 32.9 Å². The van der Waals surface area contributed by atoms with Crippen LogP contribution in [-0.2, 0) is 13.6 Å². The van der Waals surface area contributed by atoms with Gasteiger partial charge in [-0.25, -0.2) is 0 Å². The quantitative estimate of drug-likeness (QED) is 0.176. The molecule has 214 valence electrons. The topological polar surface area (TPSA) is 102 Å². The van der Waals surface area contributed by atoms with E-state index >= 15 is 0 Å². The van der Waals surface area contributed by atoms with E-state index in [1.54, 1.807) is 18.3 Å². The number of likely N-dealkylation sites (N-methyl/N-ethyl adjacent to an activating group) is 1. The number of hydrogen-bond acceptors (Lipinski definition) is 7. The Bertz CT molecular complexity index is 1760. The minimum Gasteiger partial charge on any atom is -0.494 e. The maximum atomic E-state index is 13.4. The van der Waals surface area contributed by atoms with Crippen molar-refractivity contribution in [2.45, 2.75) is 13.5 Å². The SMILES string of the molecule is Cc1cc(CNc2cccc(C(=O)c3ccc4c(C=Nc5ccc(N6CCN(C)CC6)cc5)c(O)[nH]c4c3)c2)n(C)n1. The van der Waals surface area contributed by atoms with Gasteiger partial charge < -0.3 is 25.2 Å². The van der Waals surface area contributed by atoms with Crippen molar-refractivity contribution in [1.82, 2.24) is 19.7 Å². The molecule has 0 radical (unpaired) electrons. The first-order valence-corrected chi connectivity index (χ1v) is 14.1. The highest BCUT2D eigenvalue weighted by Crippen LogP contribution is 2.29. The van der Waals surface area contributed by atoms with Gasteiger partial charge in [0.15, 0.2) is 11.7 Å². The first kappa shape index (κ1) is 27.3. The molecule has 9 nitrogen and oxygen atoms in total. The van der Waals surface area contributed by atoms with E-state index in [0.29, 0.717) is 28.8 Å². The van der Waals surface area contributed by atoms with E-state index < -0.39 is 0 Å². The van der Waals surface area contributed by atoms with Gasteiger partial charge in [-0.15, -0.1) is 0 Å². The number of hydrogen-bond donors (Lipinski definition) is 3. The number of piperazine rings is 1. The van der Waals surface area contributed by atoms with Crippen LogP contribution >= 0.6 is 0 Å². The molecule has 1 aliphatic rings. The lowest BCUT2D eigenvalue weighted by Crippen LogP contribution is -2.44. The van der Waals surface area contributed by atoms with Crippen molar-refractivity contribution in [2.75, 3.05) is 43.4 Å². The van der Waals surface area contributed by atoms with Gasteiger partial charge in [-0.1, -0.05) is 24.3 Å². The number of carbonyl (C=O) groups excluding carboxylic acids is 1. The van der Waals surface area contributed by atoms with E-state index in [0.717, 1.165) is 54.3 Å². The van der Waals surface area contributed by atoms with E-state index in [4.69, 9.17) is 0 Å². The molecule has 0 aliphatic carbocycles. The molecule has 5 aromatic rings. The second-order valence-corrected chi connectivity index (χ2v) is 10.9. The largest absolute Gasteiger partial charge is 0.494 e. The Morgan fingerprint density at radius 3 is 2.50 bits per heavy atom. The number of nitrogens with one attached hydrogen (secondary N) is 2. The predicted molar refractivity (Wildman–Crippen MR) is 169 cm³/mol. The molecule has 3 N–H and O–H groups in total. The average Bonchev–Trinajstić information content (AvgIpc) is 3.50. The molecule has 0 spiro atoms. The van der Waals surface area contributed by atoms with Gasteiger partial charge in [0.2, 0.25) is 0 Å². The first-order valence-electron chi connectivity index (χ1n) is 14.1. The molecule has 3 aromatic carbocycles. The number of benzene rings is 3. The van der Waals surface area contributed by atoms with E-state index in [2.05, 4.69) is 49.4 Å². The number of rotatable bonds is 8. The number of aromatic hydroxyl groups is 1. The molecule has 1 saturated heterocycles. The van der Waals surface area contributed by atoms with Gasteiger partial charge in [0, 0.05) is 72.8 Å². The number of aromatic amines is 1. The molecule has 0 atom stereocenters. The Balaban J connectivity index is 1.16. The average molecular weight is 562 g/mol. The molecule has 42 heavy (non-hydrogen) atoms. The van der Waals surface area contributed by atoms with Crippen LogP contribution < -0.4 is 10.2 Å². The molecule has 0 amide bonds. The van der Waals surface area contributed by atoms with Crippen LogP contribution in [0, 0.1) is 6.92 Å². The third kappa shape index (κ3) is 5.77. The summed E-state index contributed by atoms with van der Waals surface area (Å²) in [4.78, 5) is 25.7. The number of aliphatic imine (C=N–C) groups is 1. The van der Waals surface area contributed by atoms with Crippen molar-refractivity contribution >= 4 is 40.0 Å². The van der Waals surface area contributed by atoms with Crippen LogP contribution in [0.3, 0.4) is 0 Å². The van der Waals surface area contributed by atoms with Gasteiger partial charge in [-0.2, -0.15) is 5.10 Å². The smallest absolute Gasteiger partial charge is 0.198 e. The van der Waals surface area contributed by atoms with Crippen LogP contribution in [0.15, 0.2) is 77.8 Å². The zero-order valence-corrected chi connectivity index (χ0v) is 24.1. The fourth-order valence-corrected chi connectivity index (χ4v) is 5.39. The molecule has 0 unspecified atom stereocenters. The number of ketones is 1. The van der Waals surface area contributed by atoms with Crippen molar-refractivity contribution in [1.29, 1.82) is 0 Å². The zero-order valence-electron chi connectivity index (χ0n) is 24.1. The van der Waals surface area contributed by atoms with Gasteiger partial charge in [0.1, 0.15) is 0 Å². The fourth-order valence-electron chi connectivity index (χ4n) is 5.39. The van der Waals surface area contributed by atoms with E-state index in [-0.39, 0.29) is 11.7 Å². The van der Waals surface area contributed by atoms with E-state index in [1.807, 2.05) is 67.2 Å². The number of aryl methyl sites for hydroxylation is 2. The first-order chi connectivity index (χ1) is 20.3. The monoisotopic (exact) mass is 561 g/mol. The summed E-state index contributed by atoms with van der Waals surface area (Å²) in [5.74, 6) is -0.0781. The lowest BCUT2D eigenvalue weighted by molar-refractivity contribution is 0.103. The molecular formula is C33H35N7O2. The molecule has 9 heteroatoms. The number of H-pyrrole nitrogens is 1. The van der Waals surface area contributed by atoms with Crippen molar-refractivity contribution in [2.24, 2.45) is 12.0 Å². The summed E-state index contributed by atoms with van der Waals surface area (Å²) in [6.07, 6.45) is 1.67. The molecule has 1 aliphatic heterocycles. The van der Waals surface area contributed by atoms with Gasteiger partial charge in [-0.05, 0) is 62.5 Å². The predicted octanol–water partition coefficient (Wildman–Crippen LogP) is 5.26. The van der Waals surface area contributed by atoms with E-state index in [9.17, 15) is 9.90 Å². The van der Waals surface area contributed by atoms with Crippen LogP contribution in [0.2, 0.25) is 0 Å². The lowest BCUT2D eigenvalue weighted by atomic mass is 10.0. The van der Waals surface area contributed by atoms with Crippen LogP contribution in [0.4, 0.5) is 17.1 Å². The van der Waals surface area contributed by atoms with E-state index in [1.165, 1.54) is 5.69 Å². The van der Waals surface area contributed by atoms with Crippen molar-refractivity contribution in [3.05, 3.63) is 101 Å². The van der Waals surface area contributed by atoms with Gasteiger partial charge >= 0.3 is 0 Å². The van der Waals surface area contributed by atoms with Crippen LogP contribution in [0.5, 0.6) is 5.88 Å². The normalized spacial score (nSPS) is 14.2. The minimum atomic E-state index is -0.0957. The number of carbonyl (C=O) groups is 1. The Morgan fingerprint density at radius 1 is 1.00 bits per heavy atom. The summed E-state index contributed by atoms with van der Waals surface area (Å²) in [6, 6.07) is 23.1. The van der Waals surface area contributed by atoms with Gasteiger partial charge in [-0.3, -0.25) is 14.5 Å². The number of aromatic nitrogens is 3. The second kappa shape index (κ2) is 11.5. The maximum absolute atomic E-state index is 13.4. The number of nitrogens with zero attached hydrogens (tertiary/aromatic N) is 5. The summed E-state index contributed by atoms with van der Waals surface area (Å²) in [5, 5.41) is 19.2. The van der Waals surface area contributed by atoms with Crippen molar-refractivity contribution in [3.63, 3.8) is 0 Å². The van der Waals surface area contributed by atoms with Crippen LogP contribution in [-0.4, -0.2) is 70.0 Å². The summed E-state index contributed by atoms with van der Waals surface area (Å²) < 4.78 is 1.85. The molecule has 6 rings (SSSR count). The van der Waals surface area contributed by atoms with Crippen molar-refractivity contribution < 1.29 is 9.90 Å². The Morgan fingerprint density at radius 2 is 1.76 bits per heavy atom. The Kier molecular flexibility index (Phi) is 7.50. The summed E-state index contributed by atoms with van der Waals surface area (Å²) in [7, 11) is 4.07. The summed E-state index contributed by atoms with van der Waals surface area (Å²) >= 11 is 0. The maximum Gasteiger partial charge on any atom is 0.198 e. The summed E-state index contributed by atoms with van der Waals surface area (Å²) in [6.45, 7) is 6.72. The minimum absolute atomic E-state index is 0.0176. The highest BCUT2D eigenvalue weighted by molar-refractivity contribution is 6.12. The lowest BCUT2D eigenvalue weighted by Gasteiger charge is -2.34. The number of fused-ring (bicyclic) bond motifs is 1. The standard InChI is InChI=1S/C33H35N7O2/c1-22-17-28(39(3)37-22)20-34-26-6-4-5-23(18-26)32(41)24-7-12-29-30(33(42)36-31(29)19-24)21-35-25-8-10-27(11-9-25)40-15-13-38(2)14-16-40/h4-12,17-19,21,34,36,42H,13-16,20H2,1-3H3. The molecule has 0 bridgehead atoms. The molecule has 0 saturated carbocycles. The highest BCUT2D eigenvalue weighted by Gasteiger charge is 2.16. The van der Waals surface area contributed by atoms with Crippen LogP contribution in [0.25, 0.3) is 10.9 Å². The number of anilines is 2. The highest BCUT2D eigenvalue weighted by atomic mass is 16.3. The zero-order chi connectivity index (χ0) is 29.2. The molecular weight excluding hydrogens is 526 g/mol. The molecule has 2 aromatic heterocycles. The Labute approximate surface area is 245 Å². The molecule has 3 heterocycles. The third-order valence-electron chi connectivity index (χ3n) is 7.84. The Hall–Kier alpha value is -4.89. The second-order valence-electron chi connectivity index (χ2n) is 10.9. The van der Waals surface area contributed by atoms with Crippen molar-refractivity contribution in [3.8, 4) is 5.88 Å². The third-order valence-corrected chi connectivity index (χ3v) is 7.84.